The van der Waals surface area contributed by atoms with Crippen molar-refractivity contribution in [3.05, 3.63) is 34.4 Å². The predicted molar refractivity (Wildman–Crippen MR) is 83.5 cm³/mol. The Morgan fingerprint density at radius 1 is 0.947 bits per heavy atom. The minimum atomic E-state index is 0.740. The van der Waals surface area contributed by atoms with Crippen molar-refractivity contribution in [1.82, 2.24) is 5.32 Å². The largest absolute Gasteiger partial charge is 0.310 e. The molecule has 0 amide bonds. The van der Waals surface area contributed by atoms with E-state index in [1.807, 2.05) is 0 Å². The highest BCUT2D eigenvalue weighted by Gasteiger charge is 2.19. The van der Waals surface area contributed by atoms with E-state index in [1.165, 1.54) is 54.4 Å². The van der Waals surface area contributed by atoms with Gasteiger partial charge in [-0.1, -0.05) is 25.5 Å². The number of hydrogen-bond acceptors (Lipinski definition) is 1. The zero-order valence-electron chi connectivity index (χ0n) is 13.1. The van der Waals surface area contributed by atoms with E-state index in [1.54, 1.807) is 0 Å². The smallest absolute Gasteiger partial charge is 0.0210 e. The maximum atomic E-state index is 3.77. The Hall–Kier alpha value is -0.820. The standard InChI is InChI=1S/C18H29N/c1-5-16-6-8-18(9-7-16)19-12-17-11-14(3)13(2)10-15(17)4/h10-11,16,18-19H,5-9,12H2,1-4H3. The average Bonchev–Trinajstić information content (AvgIpc) is 2.42. The Labute approximate surface area is 118 Å². The third-order valence-corrected chi connectivity index (χ3v) is 4.96. The summed E-state index contributed by atoms with van der Waals surface area (Å²) < 4.78 is 0. The molecule has 0 aromatic heterocycles. The normalized spacial score (nSPS) is 23.6. The van der Waals surface area contributed by atoms with E-state index in [4.69, 9.17) is 0 Å². The van der Waals surface area contributed by atoms with Crippen molar-refractivity contribution in [3.63, 3.8) is 0 Å². The zero-order valence-corrected chi connectivity index (χ0v) is 13.1. The summed E-state index contributed by atoms with van der Waals surface area (Å²) in [6, 6.07) is 5.42. The van der Waals surface area contributed by atoms with Crippen LogP contribution in [0.3, 0.4) is 0 Å². The highest BCUT2D eigenvalue weighted by atomic mass is 14.9. The Kier molecular flexibility index (Phi) is 5.04. The topological polar surface area (TPSA) is 12.0 Å². The molecule has 1 aliphatic carbocycles. The van der Waals surface area contributed by atoms with Gasteiger partial charge in [0.05, 0.1) is 0 Å². The van der Waals surface area contributed by atoms with Gasteiger partial charge >= 0.3 is 0 Å². The zero-order chi connectivity index (χ0) is 13.8. The molecule has 106 valence electrons. The van der Waals surface area contributed by atoms with Gasteiger partial charge in [-0.15, -0.1) is 0 Å². The molecule has 0 aliphatic heterocycles. The van der Waals surface area contributed by atoms with E-state index in [2.05, 4.69) is 45.1 Å². The first-order chi connectivity index (χ1) is 9.10. The first-order valence-corrected chi connectivity index (χ1v) is 7.90. The van der Waals surface area contributed by atoms with Crippen molar-refractivity contribution in [2.75, 3.05) is 0 Å². The molecule has 0 radical (unpaired) electrons. The molecule has 0 unspecified atom stereocenters. The molecule has 1 aromatic rings. The molecule has 0 saturated heterocycles. The van der Waals surface area contributed by atoms with Crippen LogP contribution in [-0.4, -0.2) is 6.04 Å². The van der Waals surface area contributed by atoms with Gasteiger partial charge in [-0.05, 0) is 74.6 Å². The average molecular weight is 259 g/mol. The second-order valence-corrected chi connectivity index (χ2v) is 6.37. The van der Waals surface area contributed by atoms with E-state index in [9.17, 15) is 0 Å². The highest BCUT2D eigenvalue weighted by Crippen LogP contribution is 2.26. The van der Waals surface area contributed by atoms with Gasteiger partial charge in [0.2, 0.25) is 0 Å². The fraction of sp³-hybridized carbons (Fsp3) is 0.667. The maximum absolute atomic E-state index is 3.77. The number of nitrogens with one attached hydrogen (secondary N) is 1. The molecule has 0 bridgehead atoms. The van der Waals surface area contributed by atoms with Crippen LogP contribution < -0.4 is 5.32 Å². The van der Waals surface area contributed by atoms with E-state index in [-0.39, 0.29) is 0 Å². The van der Waals surface area contributed by atoms with Crippen molar-refractivity contribution in [3.8, 4) is 0 Å². The summed E-state index contributed by atoms with van der Waals surface area (Å²) in [4.78, 5) is 0. The SMILES string of the molecule is CCC1CCC(NCc2cc(C)c(C)cc2C)CC1. The van der Waals surface area contributed by atoms with Crippen LogP contribution in [-0.2, 0) is 6.54 Å². The van der Waals surface area contributed by atoms with Gasteiger partial charge in [-0.25, -0.2) is 0 Å². The Morgan fingerprint density at radius 2 is 1.58 bits per heavy atom. The molecule has 2 rings (SSSR count). The molecule has 0 heterocycles. The van der Waals surface area contributed by atoms with Crippen molar-refractivity contribution < 1.29 is 0 Å². The van der Waals surface area contributed by atoms with Crippen molar-refractivity contribution >= 4 is 0 Å². The first-order valence-electron chi connectivity index (χ1n) is 7.90. The lowest BCUT2D eigenvalue weighted by molar-refractivity contribution is 0.285. The Morgan fingerprint density at radius 3 is 2.21 bits per heavy atom. The molecule has 1 aromatic carbocycles. The fourth-order valence-corrected chi connectivity index (χ4v) is 3.24. The predicted octanol–water partition coefficient (Wildman–Crippen LogP) is 4.67. The van der Waals surface area contributed by atoms with Crippen molar-refractivity contribution in [2.45, 2.75) is 72.4 Å². The molecule has 1 fully saturated rings. The van der Waals surface area contributed by atoms with E-state index < -0.39 is 0 Å². The van der Waals surface area contributed by atoms with Gasteiger partial charge in [0.25, 0.3) is 0 Å². The Bertz CT molecular complexity index is 414. The molecule has 1 saturated carbocycles. The van der Waals surface area contributed by atoms with Crippen LogP contribution in [0.4, 0.5) is 0 Å². The van der Waals surface area contributed by atoms with Gasteiger partial charge in [0.1, 0.15) is 0 Å². The van der Waals surface area contributed by atoms with Crippen LogP contribution >= 0.6 is 0 Å². The van der Waals surface area contributed by atoms with Crippen LogP contribution in [0.5, 0.6) is 0 Å². The second kappa shape index (κ2) is 6.56. The lowest BCUT2D eigenvalue weighted by atomic mass is 9.84. The van der Waals surface area contributed by atoms with Crippen LogP contribution in [0.25, 0.3) is 0 Å². The van der Waals surface area contributed by atoms with E-state index in [0.717, 1.165) is 18.5 Å². The van der Waals surface area contributed by atoms with Gasteiger partial charge in [-0.3, -0.25) is 0 Å². The van der Waals surface area contributed by atoms with Crippen molar-refractivity contribution in [2.24, 2.45) is 5.92 Å². The summed E-state index contributed by atoms with van der Waals surface area (Å²) >= 11 is 0. The molecule has 0 spiro atoms. The molecule has 1 nitrogen and oxygen atoms in total. The third kappa shape index (κ3) is 3.82. The summed E-state index contributed by atoms with van der Waals surface area (Å²) in [5.41, 5.74) is 5.72. The number of rotatable bonds is 4. The van der Waals surface area contributed by atoms with Gasteiger partial charge < -0.3 is 5.32 Å². The first kappa shape index (κ1) is 14.6. The van der Waals surface area contributed by atoms with E-state index in [0.29, 0.717) is 0 Å². The monoisotopic (exact) mass is 259 g/mol. The van der Waals surface area contributed by atoms with Crippen LogP contribution in [0.1, 0.15) is 61.3 Å². The van der Waals surface area contributed by atoms with Crippen LogP contribution in [0, 0.1) is 26.7 Å². The summed E-state index contributed by atoms with van der Waals surface area (Å²) in [7, 11) is 0. The summed E-state index contributed by atoms with van der Waals surface area (Å²) in [5.74, 6) is 0.987. The molecule has 19 heavy (non-hydrogen) atoms. The molecule has 1 N–H and O–H groups in total. The quantitative estimate of drug-likeness (QED) is 0.828. The molecule has 1 aliphatic rings. The maximum Gasteiger partial charge on any atom is 0.0210 e. The molecule has 1 heteroatoms. The highest BCUT2D eigenvalue weighted by molar-refractivity contribution is 5.36. The summed E-state index contributed by atoms with van der Waals surface area (Å²) in [5, 5.41) is 3.77. The van der Waals surface area contributed by atoms with Gasteiger partial charge in [0, 0.05) is 12.6 Å². The lowest BCUT2D eigenvalue weighted by Gasteiger charge is -2.28. The van der Waals surface area contributed by atoms with Crippen LogP contribution in [0.15, 0.2) is 12.1 Å². The second-order valence-electron chi connectivity index (χ2n) is 6.37. The summed E-state index contributed by atoms with van der Waals surface area (Å²) in [6.45, 7) is 10.0. The lowest BCUT2D eigenvalue weighted by Crippen LogP contribution is -2.32. The fourth-order valence-electron chi connectivity index (χ4n) is 3.24. The van der Waals surface area contributed by atoms with Gasteiger partial charge in [-0.2, -0.15) is 0 Å². The van der Waals surface area contributed by atoms with Crippen LogP contribution in [0.2, 0.25) is 0 Å². The molecular formula is C18H29N. The van der Waals surface area contributed by atoms with Crippen molar-refractivity contribution in [1.29, 1.82) is 0 Å². The minimum absolute atomic E-state index is 0.740. The number of hydrogen-bond donors (Lipinski definition) is 1. The molecule has 0 atom stereocenters. The summed E-state index contributed by atoms with van der Waals surface area (Å²) in [6.07, 6.45) is 6.92. The third-order valence-electron chi connectivity index (χ3n) is 4.96. The Balaban J connectivity index is 1.88. The molecular weight excluding hydrogens is 230 g/mol. The van der Waals surface area contributed by atoms with Gasteiger partial charge in [0.15, 0.2) is 0 Å². The van der Waals surface area contributed by atoms with E-state index >= 15 is 0 Å². The minimum Gasteiger partial charge on any atom is -0.310 e. The number of benzene rings is 1. The number of aryl methyl sites for hydroxylation is 3.